The van der Waals surface area contributed by atoms with Gasteiger partial charge in [-0.05, 0) is 50.9 Å². The number of pyridine rings is 2. The first-order valence-corrected chi connectivity index (χ1v) is 16.9. The summed E-state index contributed by atoms with van der Waals surface area (Å²) < 4.78 is 48.2. The average Bonchev–Trinajstić information content (AvgIpc) is 3.16. The number of carbonyl (C=O) groups is 1. The molecular formula is C31H40ClFN6O4S. The third-order valence-electron chi connectivity index (χ3n) is 8.92. The molecule has 1 aromatic carbocycles. The third-order valence-corrected chi connectivity index (χ3v) is 9.51. The number of hydrogen-bond acceptors (Lipinski definition) is 8. The highest BCUT2D eigenvalue weighted by Crippen LogP contribution is 2.56. The van der Waals surface area contributed by atoms with Gasteiger partial charge in [-0.3, -0.25) is 14.5 Å². The number of ether oxygens (including phenoxy) is 1. The number of aromatic nitrogens is 2. The van der Waals surface area contributed by atoms with Crippen molar-refractivity contribution in [2.24, 2.45) is 0 Å². The smallest absolute Gasteiger partial charge is 0.238 e. The number of nitrogens with one attached hydrogen (secondary N) is 2. The maximum absolute atomic E-state index is 15.7. The van der Waals surface area contributed by atoms with Crippen molar-refractivity contribution in [2.75, 3.05) is 49.2 Å². The number of piperidine rings is 1. The van der Waals surface area contributed by atoms with Crippen molar-refractivity contribution >= 4 is 50.6 Å². The topological polar surface area (TPSA) is 117 Å². The molecule has 3 aromatic rings. The lowest BCUT2D eigenvalue weighted by Gasteiger charge is -2.50. The summed E-state index contributed by atoms with van der Waals surface area (Å²) in [7, 11) is -1.89. The number of fused-ring (bicyclic) bond motifs is 4. The Morgan fingerprint density at radius 2 is 1.84 bits per heavy atom. The second kappa shape index (κ2) is 12.4. The van der Waals surface area contributed by atoms with E-state index in [-0.39, 0.29) is 48.1 Å². The van der Waals surface area contributed by atoms with E-state index < -0.39 is 21.3 Å². The monoisotopic (exact) mass is 646 g/mol. The first kappa shape index (κ1) is 32.3. The van der Waals surface area contributed by atoms with Crippen molar-refractivity contribution in [1.29, 1.82) is 0 Å². The van der Waals surface area contributed by atoms with E-state index in [1.165, 1.54) is 37.6 Å². The molecule has 3 aliphatic rings. The fourth-order valence-corrected chi connectivity index (χ4v) is 7.41. The molecule has 1 saturated carbocycles. The predicted octanol–water partition coefficient (Wildman–Crippen LogP) is 4.47. The molecule has 0 atom stereocenters. The van der Waals surface area contributed by atoms with Crippen LogP contribution in [0.4, 0.5) is 15.8 Å². The first-order valence-electron chi connectivity index (χ1n) is 15.0. The van der Waals surface area contributed by atoms with E-state index in [1.807, 2.05) is 13.8 Å². The maximum atomic E-state index is 15.7. The predicted molar refractivity (Wildman–Crippen MR) is 173 cm³/mol. The van der Waals surface area contributed by atoms with Gasteiger partial charge in [-0.1, -0.05) is 20.3 Å². The van der Waals surface area contributed by atoms with Crippen LogP contribution in [-0.4, -0.2) is 80.8 Å². The maximum Gasteiger partial charge on any atom is 0.238 e. The Morgan fingerprint density at radius 1 is 1.11 bits per heavy atom. The highest BCUT2D eigenvalue weighted by molar-refractivity contribution is 7.92. The molecule has 44 heavy (non-hydrogen) atoms. The van der Waals surface area contributed by atoms with Crippen molar-refractivity contribution < 1.29 is 22.3 Å². The second-order valence-electron chi connectivity index (χ2n) is 12.4. The van der Waals surface area contributed by atoms with Gasteiger partial charge >= 0.3 is 0 Å². The number of likely N-dealkylation sites (tertiary alicyclic amines) is 1. The van der Waals surface area contributed by atoms with Gasteiger partial charge in [0.25, 0.3) is 0 Å². The largest absolute Gasteiger partial charge is 0.475 e. The molecule has 6 rings (SSSR count). The minimum Gasteiger partial charge on any atom is -0.475 e. The van der Waals surface area contributed by atoms with Gasteiger partial charge in [0.05, 0.1) is 29.1 Å². The molecule has 2 fully saturated rings. The van der Waals surface area contributed by atoms with E-state index >= 15 is 4.39 Å². The Hall–Kier alpha value is -3.06. The Morgan fingerprint density at radius 3 is 2.52 bits per heavy atom. The summed E-state index contributed by atoms with van der Waals surface area (Å²) in [5, 5.41) is 3.96. The lowest BCUT2D eigenvalue weighted by molar-refractivity contribution is -0.128. The molecule has 0 unspecified atom stereocenters. The molecule has 10 nitrogen and oxygen atoms in total. The van der Waals surface area contributed by atoms with Crippen molar-refractivity contribution in [3.05, 3.63) is 42.0 Å². The summed E-state index contributed by atoms with van der Waals surface area (Å²) >= 11 is 0. The van der Waals surface area contributed by atoms with Crippen LogP contribution in [0.1, 0.15) is 51.5 Å². The van der Waals surface area contributed by atoms with Crippen LogP contribution in [0, 0.1) is 5.82 Å². The highest BCUT2D eigenvalue weighted by atomic mass is 35.5. The quantitative estimate of drug-likeness (QED) is 0.327. The number of anilines is 2. The Labute approximate surface area is 264 Å². The number of rotatable bonds is 9. The summed E-state index contributed by atoms with van der Waals surface area (Å²) in [6.07, 6.45) is 9.28. The SMILES string of the molecule is CC(C)NCCOc1ncc(-c2cc3c4c(cnc3cc2F)N(C)C(=O)C42CC(N3CCCCC3)C2)cc1NS(C)(=O)=O.Cl. The molecule has 0 radical (unpaired) electrons. The molecule has 1 saturated heterocycles. The van der Waals surface area contributed by atoms with Crippen LogP contribution in [0.3, 0.4) is 0 Å². The fraction of sp³-hybridized carbons (Fsp3) is 0.516. The van der Waals surface area contributed by atoms with E-state index in [2.05, 4.69) is 24.9 Å². The van der Waals surface area contributed by atoms with Gasteiger partial charge in [-0.2, -0.15) is 0 Å². The first-order chi connectivity index (χ1) is 20.5. The van der Waals surface area contributed by atoms with E-state index in [1.54, 1.807) is 24.2 Å². The Bertz CT molecular complexity index is 1680. The lowest BCUT2D eigenvalue weighted by Crippen LogP contribution is -2.58. The van der Waals surface area contributed by atoms with Gasteiger partial charge in [0, 0.05) is 60.0 Å². The Balaban J connectivity index is 0.00000384. The zero-order valence-electron chi connectivity index (χ0n) is 25.5. The van der Waals surface area contributed by atoms with Crippen LogP contribution in [-0.2, 0) is 20.2 Å². The van der Waals surface area contributed by atoms with Crippen LogP contribution in [0.25, 0.3) is 22.0 Å². The molecular weight excluding hydrogens is 607 g/mol. The molecule has 238 valence electrons. The fourth-order valence-electron chi connectivity index (χ4n) is 6.87. The van der Waals surface area contributed by atoms with Crippen molar-refractivity contribution in [1.82, 2.24) is 20.2 Å². The number of halogens is 2. The normalized spacial score (nSPS) is 21.8. The summed E-state index contributed by atoms with van der Waals surface area (Å²) in [6, 6.07) is 5.26. The molecule has 2 N–H and O–H groups in total. The number of amides is 1. The van der Waals surface area contributed by atoms with E-state index in [9.17, 15) is 13.2 Å². The van der Waals surface area contributed by atoms with Crippen LogP contribution >= 0.6 is 12.4 Å². The van der Waals surface area contributed by atoms with Gasteiger partial charge in [-0.25, -0.2) is 17.8 Å². The minimum atomic E-state index is -3.67. The Kier molecular flexibility index (Phi) is 9.10. The zero-order valence-corrected chi connectivity index (χ0v) is 27.2. The third kappa shape index (κ3) is 5.96. The number of nitrogens with zero attached hydrogens (tertiary/aromatic N) is 4. The van der Waals surface area contributed by atoms with Crippen LogP contribution in [0.2, 0.25) is 0 Å². The standard InChI is InChI=1S/C31H39FN6O4S.ClH/c1-19(2)33-8-11-42-29-26(36-43(4,40)41)12-20(17-35-29)22-13-23-25(14-24(22)32)34-18-27-28(23)31(30(39)37(27)3)15-21(16-31)38-9-6-5-7-10-38;/h12-14,17-19,21,33,36H,5-11,15-16H2,1-4H3;1H. The number of hydrogen-bond donors (Lipinski definition) is 2. The summed E-state index contributed by atoms with van der Waals surface area (Å²) in [4.78, 5) is 26.8. The molecule has 2 aliphatic heterocycles. The average molecular weight is 647 g/mol. The second-order valence-corrected chi connectivity index (χ2v) is 14.1. The lowest BCUT2D eigenvalue weighted by atomic mass is 9.61. The molecule has 0 bridgehead atoms. The summed E-state index contributed by atoms with van der Waals surface area (Å²) in [5.74, 6) is -0.355. The van der Waals surface area contributed by atoms with E-state index in [0.29, 0.717) is 23.7 Å². The van der Waals surface area contributed by atoms with Gasteiger partial charge in [0.2, 0.25) is 21.8 Å². The van der Waals surface area contributed by atoms with Crippen LogP contribution in [0.15, 0.2) is 30.6 Å². The van der Waals surface area contributed by atoms with Gasteiger partial charge in [0.1, 0.15) is 18.1 Å². The molecule has 13 heteroatoms. The van der Waals surface area contributed by atoms with Crippen molar-refractivity contribution in [3.63, 3.8) is 0 Å². The van der Waals surface area contributed by atoms with E-state index in [4.69, 9.17) is 4.74 Å². The summed E-state index contributed by atoms with van der Waals surface area (Å²) in [6.45, 7) is 6.97. The van der Waals surface area contributed by atoms with Crippen molar-refractivity contribution in [3.8, 4) is 17.0 Å². The van der Waals surface area contributed by atoms with Crippen LogP contribution in [0.5, 0.6) is 5.88 Å². The van der Waals surface area contributed by atoms with Crippen molar-refractivity contribution in [2.45, 2.75) is 63.5 Å². The highest BCUT2D eigenvalue weighted by Gasteiger charge is 2.59. The van der Waals surface area contributed by atoms with Crippen LogP contribution < -0.4 is 19.7 Å². The molecule has 1 aliphatic carbocycles. The molecule has 2 aromatic heterocycles. The number of sulfonamides is 1. The molecule has 1 spiro atoms. The molecule has 4 heterocycles. The number of benzene rings is 1. The van der Waals surface area contributed by atoms with Gasteiger partial charge in [-0.15, -0.1) is 12.4 Å². The summed E-state index contributed by atoms with van der Waals surface area (Å²) in [5.41, 5.74) is 2.21. The minimum absolute atomic E-state index is 0. The number of likely N-dealkylation sites (N-methyl/N-ethyl adjacent to an activating group) is 1. The van der Waals surface area contributed by atoms with E-state index in [0.717, 1.165) is 48.8 Å². The number of carbonyl (C=O) groups excluding carboxylic acids is 1. The van der Waals surface area contributed by atoms with Gasteiger partial charge in [0.15, 0.2) is 0 Å². The zero-order chi connectivity index (χ0) is 30.5. The molecule has 1 amide bonds. The van der Waals surface area contributed by atoms with Gasteiger partial charge < -0.3 is 19.9 Å².